The Morgan fingerprint density at radius 1 is 1.11 bits per heavy atom. The standard InChI is InChI=1S/C14H9NO4/c16-14-11-4-2-1-3-9(11)8-19-13-6-5-10(15(17)18)7-12(13)14/h1-7H,8H2. The van der Waals surface area contributed by atoms with Gasteiger partial charge in [0.15, 0.2) is 5.78 Å². The maximum atomic E-state index is 12.4. The summed E-state index contributed by atoms with van der Waals surface area (Å²) in [6.07, 6.45) is 0. The summed E-state index contributed by atoms with van der Waals surface area (Å²) in [5.41, 5.74) is 1.43. The summed E-state index contributed by atoms with van der Waals surface area (Å²) in [4.78, 5) is 22.7. The number of carbonyl (C=O) groups is 1. The van der Waals surface area contributed by atoms with Gasteiger partial charge in [0.05, 0.1) is 10.5 Å². The molecule has 0 N–H and O–H groups in total. The molecule has 0 aromatic heterocycles. The third-order valence-corrected chi connectivity index (χ3v) is 3.06. The van der Waals surface area contributed by atoms with Crippen LogP contribution in [0.5, 0.6) is 5.75 Å². The van der Waals surface area contributed by atoms with Crippen LogP contribution in [0.15, 0.2) is 42.5 Å². The van der Waals surface area contributed by atoms with Crippen LogP contribution in [-0.4, -0.2) is 10.7 Å². The van der Waals surface area contributed by atoms with Crippen molar-refractivity contribution in [2.24, 2.45) is 0 Å². The molecular weight excluding hydrogens is 246 g/mol. The molecule has 3 rings (SSSR count). The topological polar surface area (TPSA) is 69.4 Å². The molecule has 0 amide bonds. The number of nitro groups is 1. The second-order valence-electron chi connectivity index (χ2n) is 4.21. The number of fused-ring (bicyclic) bond motifs is 2. The first-order valence-corrected chi connectivity index (χ1v) is 5.70. The van der Waals surface area contributed by atoms with Gasteiger partial charge in [-0.2, -0.15) is 0 Å². The molecule has 1 aliphatic rings. The zero-order valence-electron chi connectivity index (χ0n) is 9.83. The SMILES string of the molecule is O=C1c2ccccc2COc2ccc([N+](=O)[O-])cc21. The van der Waals surface area contributed by atoms with Crippen molar-refractivity contribution in [1.29, 1.82) is 0 Å². The van der Waals surface area contributed by atoms with Gasteiger partial charge in [0.25, 0.3) is 5.69 Å². The predicted molar refractivity (Wildman–Crippen MR) is 67.3 cm³/mol. The van der Waals surface area contributed by atoms with Crippen molar-refractivity contribution >= 4 is 11.5 Å². The van der Waals surface area contributed by atoms with E-state index in [4.69, 9.17) is 4.74 Å². The van der Waals surface area contributed by atoms with Crippen LogP contribution < -0.4 is 4.74 Å². The molecular formula is C14H9NO4. The molecule has 0 aliphatic carbocycles. The largest absolute Gasteiger partial charge is 0.488 e. The van der Waals surface area contributed by atoms with Crippen molar-refractivity contribution < 1.29 is 14.5 Å². The van der Waals surface area contributed by atoms with E-state index in [2.05, 4.69) is 0 Å². The molecule has 0 bridgehead atoms. The smallest absolute Gasteiger partial charge is 0.270 e. The summed E-state index contributed by atoms with van der Waals surface area (Å²) < 4.78 is 5.54. The van der Waals surface area contributed by atoms with Crippen molar-refractivity contribution in [2.75, 3.05) is 0 Å². The molecule has 0 saturated carbocycles. The van der Waals surface area contributed by atoms with E-state index in [0.717, 1.165) is 5.56 Å². The summed E-state index contributed by atoms with van der Waals surface area (Å²) in [6.45, 7) is 0.284. The third kappa shape index (κ3) is 1.85. The molecule has 2 aromatic carbocycles. The van der Waals surface area contributed by atoms with Crippen molar-refractivity contribution in [3.63, 3.8) is 0 Å². The second-order valence-corrected chi connectivity index (χ2v) is 4.21. The Hall–Kier alpha value is -2.69. The van der Waals surface area contributed by atoms with Crippen LogP contribution in [0.3, 0.4) is 0 Å². The minimum Gasteiger partial charge on any atom is -0.488 e. The average Bonchev–Trinajstić information content (AvgIpc) is 2.57. The van der Waals surface area contributed by atoms with E-state index in [1.807, 2.05) is 12.1 Å². The van der Waals surface area contributed by atoms with Gasteiger partial charge in [0, 0.05) is 23.3 Å². The predicted octanol–water partition coefficient (Wildman–Crippen LogP) is 2.72. The van der Waals surface area contributed by atoms with Crippen LogP contribution in [0.1, 0.15) is 21.5 Å². The lowest BCUT2D eigenvalue weighted by atomic mass is 9.99. The number of nitro benzene ring substituents is 1. The van der Waals surface area contributed by atoms with Crippen LogP contribution in [-0.2, 0) is 6.61 Å². The highest BCUT2D eigenvalue weighted by Crippen LogP contribution is 2.31. The Morgan fingerprint density at radius 2 is 1.89 bits per heavy atom. The number of hydrogen-bond donors (Lipinski definition) is 0. The van der Waals surface area contributed by atoms with Crippen molar-refractivity contribution in [3.8, 4) is 5.75 Å². The fraction of sp³-hybridized carbons (Fsp3) is 0.0714. The van der Waals surface area contributed by atoms with Crippen molar-refractivity contribution in [3.05, 3.63) is 69.3 Å². The monoisotopic (exact) mass is 255 g/mol. The van der Waals surface area contributed by atoms with E-state index in [1.54, 1.807) is 12.1 Å². The first kappa shape index (κ1) is 11.4. The van der Waals surface area contributed by atoms with Gasteiger partial charge in [-0.25, -0.2) is 0 Å². The Morgan fingerprint density at radius 3 is 2.68 bits per heavy atom. The molecule has 0 atom stereocenters. The number of ketones is 1. The van der Waals surface area contributed by atoms with E-state index >= 15 is 0 Å². The lowest BCUT2D eigenvalue weighted by Gasteiger charge is -2.05. The Labute approximate surface area is 108 Å². The van der Waals surface area contributed by atoms with E-state index in [9.17, 15) is 14.9 Å². The van der Waals surface area contributed by atoms with E-state index in [0.29, 0.717) is 11.3 Å². The molecule has 5 heteroatoms. The molecule has 1 heterocycles. The number of nitrogens with zero attached hydrogens (tertiary/aromatic N) is 1. The summed E-state index contributed by atoms with van der Waals surface area (Å²) >= 11 is 0. The van der Waals surface area contributed by atoms with Crippen LogP contribution in [0, 0.1) is 10.1 Å². The normalized spacial score (nSPS) is 12.9. The summed E-state index contributed by atoms with van der Waals surface area (Å²) in [7, 11) is 0. The maximum Gasteiger partial charge on any atom is 0.270 e. The molecule has 1 aliphatic heterocycles. The van der Waals surface area contributed by atoms with Gasteiger partial charge in [-0.1, -0.05) is 24.3 Å². The fourth-order valence-corrected chi connectivity index (χ4v) is 2.10. The molecule has 0 fully saturated rings. The number of ether oxygens (including phenoxy) is 1. The highest BCUT2D eigenvalue weighted by Gasteiger charge is 2.24. The summed E-state index contributed by atoms with van der Waals surface area (Å²) in [5, 5.41) is 10.8. The number of carbonyl (C=O) groups excluding carboxylic acids is 1. The van der Waals surface area contributed by atoms with E-state index < -0.39 is 4.92 Å². The van der Waals surface area contributed by atoms with Gasteiger partial charge in [-0.05, 0) is 6.07 Å². The second kappa shape index (κ2) is 4.20. The van der Waals surface area contributed by atoms with Crippen LogP contribution in [0.2, 0.25) is 0 Å². The molecule has 5 nitrogen and oxygen atoms in total. The maximum absolute atomic E-state index is 12.4. The number of benzene rings is 2. The molecule has 2 aromatic rings. The molecule has 0 unspecified atom stereocenters. The fourth-order valence-electron chi connectivity index (χ4n) is 2.10. The van der Waals surface area contributed by atoms with Crippen LogP contribution in [0.4, 0.5) is 5.69 Å². The summed E-state index contributed by atoms with van der Waals surface area (Å²) in [6, 6.07) is 11.2. The number of rotatable bonds is 1. The van der Waals surface area contributed by atoms with Gasteiger partial charge in [0.1, 0.15) is 12.4 Å². The minimum absolute atomic E-state index is 0.116. The van der Waals surface area contributed by atoms with Gasteiger partial charge in [-0.3, -0.25) is 14.9 Å². The highest BCUT2D eigenvalue weighted by molar-refractivity contribution is 6.12. The minimum atomic E-state index is -0.523. The third-order valence-electron chi connectivity index (χ3n) is 3.06. The number of non-ortho nitro benzene ring substituents is 1. The molecule has 19 heavy (non-hydrogen) atoms. The van der Waals surface area contributed by atoms with E-state index in [-0.39, 0.29) is 23.6 Å². The highest BCUT2D eigenvalue weighted by atomic mass is 16.6. The lowest BCUT2D eigenvalue weighted by Crippen LogP contribution is -2.03. The zero-order valence-corrected chi connectivity index (χ0v) is 9.83. The summed E-state index contributed by atoms with van der Waals surface area (Å²) in [5.74, 6) is 0.138. The Balaban J connectivity index is 2.18. The Kier molecular flexibility index (Phi) is 2.52. The first-order chi connectivity index (χ1) is 9.16. The van der Waals surface area contributed by atoms with Gasteiger partial charge < -0.3 is 4.74 Å². The lowest BCUT2D eigenvalue weighted by molar-refractivity contribution is -0.384. The first-order valence-electron chi connectivity index (χ1n) is 5.70. The van der Waals surface area contributed by atoms with Crippen molar-refractivity contribution in [2.45, 2.75) is 6.61 Å². The Bertz CT molecular complexity index is 694. The van der Waals surface area contributed by atoms with Gasteiger partial charge in [-0.15, -0.1) is 0 Å². The molecule has 0 radical (unpaired) electrons. The van der Waals surface area contributed by atoms with Crippen LogP contribution in [0.25, 0.3) is 0 Å². The zero-order chi connectivity index (χ0) is 13.4. The van der Waals surface area contributed by atoms with Gasteiger partial charge in [0.2, 0.25) is 0 Å². The van der Waals surface area contributed by atoms with Crippen LogP contribution >= 0.6 is 0 Å². The molecule has 0 spiro atoms. The average molecular weight is 255 g/mol. The molecule has 0 saturated heterocycles. The number of hydrogen-bond acceptors (Lipinski definition) is 4. The molecule has 94 valence electrons. The van der Waals surface area contributed by atoms with Crippen molar-refractivity contribution in [1.82, 2.24) is 0 Å². The van der Waals surface area contributed by atoms with Gasteiger partial charge >= 0.3 is 0 Å². The van der Waals surface area contributed by atoms with E-state index in [1.165, 1.54) is 18.2 Å². The quantitative estimate of drug-likeness (QED) is 0.580.